The van der Waals surface area contributed by atoms with Gasteiger partial charge in [-0.15, -0.1) is 0 Å². The Morgan fingerprint density at radius 3 is 2.23 bits per heavy atom. The first-order valence-electron chi connectivity index (χ1n) is 11.9. The summed E-state index contributed by atoms with van der Waals surface area (Å²) >= 11 is 0. The molecule has 2 saturated heterocycles. The molecule has 180 valence electrons. The van der Waals surface area contributed by atoms with Crippen molar-refractivity contribution in [3.8, 4) is 11.7 Å². The van der Waals surface area contributed by atoms with E-state index >= 15 is 0 Å². The summed E-state index contributed by atoms with van der Waals surface area (Å²) in [6, 6.07) is 14.5. The fourth-order valence-corrected chi connectivity index (χ4v) is 4.51. The first-order chi connectivity index (χ1) is 17.2. The van der Waals surface area contributed by atoms with Gasteiger partial charge < -0.3 is 19.3 Å². The van der Waals surface area contributed by atoms with Crippen LogP contribution in [0.25, 0.3) is 17.0 Å². The van der Waals surface area contributed by atoms with Gasteiger partial charge in [-0.05, 0) is 24.3 Å². The number of piperidine rings is 1. The Morgan fingerprint density at radius 2 is 1.46 bits per heavy atom. The molecule has 2 aliphatic rings. The molecular formula is C25H26FN7O2. The fraction of sp³-hybridized carbons (Fsp3) is 0.360. The van der Waals surface area contributed by atoms with Crippen molar-refractivity contribution in [1.82, 2.24) is 24.5 Å². The number of fused-ring (bicyclic) bond motifs is 1. The predicted octanol–water partition coefficient (Wildman–Crippen LogP) is 3.23. The maximum Gasteiger partial charge on any atom is 0.242 e. The van der Waals surface area contributed by atoms with Crippen LogP contribution in [0.2, 0.25) is 0 Å². The van der Waals surface area contributed by atoms with Crippen LogP contribution in [-0.4, -0.2) is 70.0 Å². The van der Waals surface area contributed by atoms with Crippen LogP contribution in [-0.2, 0) is 4.74 Å². The number of morpholine rings is 1. The molecule has 4 aromatic rings. The van der Waals surface area contributed by atoms with E-state index in [9.17, 15) is 4.39 Å². The number of para-hydroxylation sites is 3. The van der Waals surface area contributed by atoms with Crippen LogP contribution in [0.5, 0.6) is 5.75 Å². The summed E-state index contributed by atoms with van der Waals surface area (Å²) in [6.45, 7) is 4.15. The lowest BCUT2D eigenvalue weighted by atomic mass is 10.1. The third-order valence-electron chi connectivity index (χ3n) is 6.42. The molecule has 0 bridgehead atoms. The molecule has 35 heavy (non-hydrogen) atoms. The molecule has 0 saturated carbocycles. The standard InChI is InChI=1S/C25H26FN7O2/c26-19-5-1-4-8-22(19)35-18-9-11-31(12-10-18)23-28-24(32-13-15-34-16-14-32)30-25(29-23)33-17-27-20-6-2-3-7-21(20)33/h1-8,17-18H,9-16H2. The van der Waals surface area contributed by atoms with Gasteiger partial charge in [0, 0.05) is 39.0 Å². The van der Waals surface area contributed by atoms with E-state index in [1.54, 1.807) is 24.5 Å². The number of halogens is 1. The number of nitrogens with zero attached hydrogens (tertiary/aromatic N) is 7. The van der Waals surface area contributed by atoms with Crippen LogP contribution in [0.15, 0.2) is 54.9 Å². The van der Waals surface area contributed by atoms with Gasteiger partial charge in [-0.1, -0.05) is 24.3 Å². The lowest BCUT2D eigenvalue weighted by molar-refractivity contribution is 0.122. The van der Waals surface area contributed by atoms with Crippen molar-refractivity contribution in [2.75, 3.05) is 49.2 Å². The smallest absolute Gasteiger partial charge is 0.242 e. The van der Waals surface area contributed by atoms with Crippen molar-refractivity contribution < 1.29 is 13.9 Å². The Kier molecular flexibility index (Phi) is 5.87. The molecule has 6 rings (SSSR count). The normalized spacial score (nSPS) is 17.2. The molecule has 0 amide bonds. The van der Waals surface area contributed by atoms with Gasteiger partial charge in [0.15, 0.2) is 11.6 Å². The van der Waals surface area contributed by atoms with Gasteiger partial charge in [0.25, 0.3) is 0 Å². The van der Waals surface area contributed by atoms with E-state index in [2.05, 4.69) is 14.8 Å². The molecule has 0 spiro atoms. The Balaban J connectivity index is 1.27. The molecule has 2 fully saturated rings. The number of hydrogen-bond donors (Lipinski definition) is 0. The molecule has 9 nitrogen and oxygen atoms in total. The average molecular weight is 476 g/mol. The summed E-state index contributed by atoms with van der Waals surface area (Å²) in [5.74, 6) is 1.76. The number of rotatable bonds is 5. The van der Waals surface area contributed by atoms with Gasteiger partial charge in [0.05, 0.1) is 24.2 Å². The fourth-order valence-electron chi connectivity index (χ4n) is 4.51. The number of imidazole rings is 1. The van der Waals surface area contributed by atoms with E-state index in [-0.39, 0.29) is 11.9 Å². The quantitative estimate of drug-likeness (QED) is 0.435. The van der Waals surface area contributed by atoms with Crippen LogP contribution >= 0.6 is 0 Å². The lowest BCUT2D eigenvalue weighted by Crippen LogP contribution is -2.41. The molecule has 0 radical (unpaired) electrons. The van der Waals surface area contributed by atoms with Crippen molar-refractivity contribution in [1.29, 1.82) is 0 Å². The van der Waals surface area contributed by atoms with E-state index in [0.717, 1.165) is 37.0 Å². The maximum atomic E-state index is 14.0. The van der Waals surface area contributed by atoms with E-state index in [1.807, 2.05) is 28.8 Å². The second-order valence-electron chi connectivity index (χ2n) is 8.67. The van der Waals surface area contributed by atoms with E-state index in [1.165, 1.54) is 6.07 Å². The lowest BCUT2D eigenvalue weighted by Gasteiger charge is -2.33. The van der Waals surface area contributed by atoms with Crippen molar-refractivity contribution in [2.45, 2.75) is 18.9 Å². The van der Waals surface area contributed by atoms with Crippen LogP contribution < -0.4 is 14.5 Å². The number of benzene rings is 2. The first kappa shape index (κ1) is 21.7. The van der Waals surface area contributed by atoms with Crippen molar-refractivity contribution in [3.05, 3.63) is 60.7 Å². The van der Waals surface area contributed by atoms with Crippen molar-refractivity contribution >= 4 is 22.9 Å². The SMILES string of the molecule is Fc1ccccc1OC1CCN(c2nc(N3CCOCC3)nc(-n3cnc4ccccc43)n2)CC1. The Bertz CT molecular complexity index is 1320. The predicted molar refractivity (Wildman–Crippen MR) is 130 cm³/mol. The first-order valence-corrected chi connectivity index (χ1v) is 11.9. The van der Waals surface area contributed by atoms with Gasteiger partial charge in [0.1, 0.15) is 12.4 Å². The monoisotopic (exact) mass is 475 g/mol. The number of ether oxygens (including phenoxy) is 2. The Morgan fingerprint density at radius 1 is 0.800 bits per heavy atom. The number of aromatic nitrogens is 5. The largest absolute Gasteiger partial charge is 0.487 e. The Labute approximate surface area is 202 Å². The van der Waals surface area contributed by atoms with Crippen LogP contribution in [0, 0.1) is 5.82 Å². The summed E-state index contributed by atoms with van der Waals surface area (Å²) in [5, 5.41) is 0. The molecule has 0 aliphatic carbocycles. The van der Waals surface area contributed by atoms with E-state index < -0.39 is 0 Å². The number of anilines is 2. The van der Waals surface area contributed by atoms with Gasteiger partial charge in [0.2, 0.25) is 17.8 Å². The highest BCUT2D eigenvalue weighted by molar-refractivity contribution is 5.76. The molecule has 0 atom stereocenters. The summed E-state index contributed by atoms with van der Waals surface area (Å²) in [6.07, 6.45) is 3.19. The molecule has 0 unspecified atom stereocenters. The zero-order chi connectivity index (χ0) is 23.6. The molecule has 4 heterocycles. The third-order valence-corrected chi connectivity index (χ3v) is 6.42. The maximum absolute atomic E-state index is 14.0. The van der Waals surface area contributed by atoms with Crippen LogP contribution in [0.3, 0.4) is 0 Å². The number of hydrogen-bond acceptors (Lipinski definition) is 8. The topological polar surface area (TPSA) is 81.4 Å². The highest BCUT2D eigenvalue weighted by atomic mass is 19.1. The highest BCUT2D eigenvalue weighted by Gasteiger charge is 2.26. The second-order valence-corrected chi connectivity index (χ2v) is 8.67. The molecular weight excluding hydrogens is 449 g/mol. The summed E-state index contributed by atoms with van der Waals surface area (Å²) in [7, 11) is 0. The zero-order valence-corrected chi connectivity index (χ0v) is 19.3. The van der Waals surface area contributed by atoms with Crippen molar-refractivity contribution in [2.24, 2.45) is 0 Å². The highest BCUT2D eigenvalue weighted by Crippen LogP contribution is 2.25. The van der Waals surface area contributed by atoms with Crippen LogP contribution in [0.1, 0.15) is 12.8 Å². The van der Waals surface area contributed by atoms with Gasteiger partial charge >= 0.3 is 0 Å². The summed E-state index contributed by atoms with van der Waals surface area (Å²) in [5.41, 5.74) is 1.82. The molecule has 0 N–H and O–H groups in total. The van der Waals surface area contributed by atoms with Gasteiger partial charge in [-0.2, -0.15) is 15.0 Å². The van der Waals surface area contributed by atoms with Crippen LogP contribution in [0.4, 0.5) is 16.3 Å². The molecule has 10 heteroatoms. The van der Waals surface area contributed by atoms with Crippen molar-refractivity contribution in [3.63, 3.8) is 0 Å². The molecule has 2 aliphatic heterocycles. The molecule has 2 aromatic carbocycles. The minimum atomic E-state index is -0.334. The average Bonchev–Trinajstić information content (AvgIpc) is 3.35. The molecule has 2 aromatic heterocycles. The van der Waals surface area contributed by atoms with Gasteiger partial charge in [-0.25, -0.2) is 9.37 Å². The summed E-state index contributed by atoms with van der Waals surface area (Å²) < 4.78 is 27.4. The summed E-state index contributed by atoms with van der Waals surface area (Å²) in [4.78, 5) is 23.3. The minimum absolute atomic E-state index is 0.0548. The third kappa shape index (κ3) is 4.49. The minimum Gasteiger partial charge on any atom is -0.487 e. The van der Waals surface area contributed by atoms with E-state index in [4.69, 9.17) is 24.4 Å². The zero-order valence-electron chi connectivity index (χ0n) is 19.3. The van der Waals surface area contributed by atoms with E-state index in [0.29, 0.717) is 49.9 Å². The second kappa shape index (κ2) is 9.46. The Hall–Kier alpha value is -3.79. The van der Waals surface area contributed by atoms with Gasteiger partial charge in [-0.3, -0.25) is 4.57 Å².